The third-order valence-corrected chi connectivity index (χ3v) is 4.19. The smallest absolute Gasteiger partial charge is 0.280 e. The van der Waals surface area contributed by atoms with Crippen LogP contribution in [0.5, 0.6) is 0 Å². The van der Waals surface area contributed by atoms with E-state index in [4.69, 9.17) is 0 Å². The Bertz CT molecular complexity index is 864. The highest BCUT2D eigenvalue weighted by molar-refractivity contribution is 6.11. The summed E-state index contributed by atoms with van der Waals surface area (Å²) in [5.74, 6) is -1.29. The Morgan fingerprint density at radius 3 is 2.54 bits per heavy atom. The highest BCUT2D eigenvalue weighted by Gasteiger charge is 2.50. The van der Waals surface area contributed by atoms with Crippen molar-refractivity contribution in [3.63, 3.8) is 0 Å². The van der Waals surface area contributed by atoms with Crippen molar-refractivity contribution >= 4 is 23.1 Å². The molecule has 1 amide bonds. The molecule has 1 unspecified atom stereocenters. The molecule has 0 spiro atoms. The highest BCUT2D eigenvalue weighted by atomic mass is 16.6. The molecule has 1 N–H and O–H groups in total. The van der Waals surface area contributed by atoms with E-state index in [1.165, 1.54) is 36.2 Å². The van der Waals surface area contributed by atoms with E-state index in [2.05, 4.69) is 0 Å². The lowest BCUT2D eigenvalue weighted by Gasteiger charge is -2.21. The summed E-state index contributed by atoms with van der Waals surface area (Å²) in [7, 11) is 1.51. The van der Waals surface area contributed by atoms with Gasteiger partial charge in [-0.05, 0) is 12.1 Å². The summed E-state index contributed by atoms with van der Waals surface area (Å²) in [5, 5.41) is 21.9. The molecule has 2 aromatic carbocycles. The summed E-state index contributed by atoms with van der Waals surface area (Å²) in [4.78, 5) is 36.7. The summed E-state index contributed by atoms with van der Waals surface area (Å²) in [6.45, 7) is 0. The first-order chi connectivity index (χ1) is 11.4. The molecule has 3 rings (SSSR count). The Balaban J connectivity index is 2.01. The fourth-order valence-corrected chi connectivity index (χ4v) is 2.98. The first kappa shape index (κ1) is 15.8. The average molecular weight is 326 g/mol. The number of carbonyl (C=O) groups is 2. The number of Topliss-reactive ketones (excluding diaryl/α,β-unsaturated/α-hetero) is 1. The number of benzene rings is 2. The van der Waals surface area contributed by atoms with Crippen LogP contribution >= 0.6 is 0 Å². The van der Waals surface area contributed by atoms with Crippen LogP contribution in [0.15, 0.2) is 48.5 Å². The Hall–Kier alpha value is -3.06. The standard InChI is InChI=1S/C17H14N2O5/c1-18-14-9-5-3-7-12(14)17(22,16(18)21)10-15(20)11-6-2-4-8-13(11)19(23)24/h2-9,22H,10H2,1H3. The molecular formula is C17H14N2O5. The lowest BCUT2D eigenvalue weighted by atomic mass is 9.88. The number of amides is 1. The molecule has 2 aromatic rings. The summed E-state index contributed by atoms with van der Waals surface area (Å²) in [6, 6.07) is 12.1. The minimum Gasteiger partial charge on any atom is -0.375 e. The van der Waals surface area contributed by atoms with Crippen LogP contribution in [0.4, 0.5) is 11.4 Å². The van der Waals surface area contributed by atoms with Gasteiger partial charge in [0.1, 0.15) is 0 Å². The molecule has 0 fully saturated rings. The van der Waals surface area contributed by atoms with Gasteiger partial charge in [-0.3, -0.25) is 19.7 Å². The van der Waals surface area contributed by atoms with Crippen LogP contribution in [0.2, 0.25) is 0 Å². The minimum absolute atomic E-state index is 0.129. The van der Waals surface area contributed by atoms with E-state index in [-0.39, 0.29) is 11.3 Å². The molecule has 0 saturated carbocycles. The molecule has 0 bridgehead atoms. The van der Waals surface area contributed by atoms with Crippen molar-refractivity contribution in [3.8, 4) is 0 Å². The van der Waals surface area contributed by atoms with E-state index in [1.54, 1.807) is 24.3 Å². The van der Waals surface area contributed by atoms with Crippen molar-refractivity contribution in [1.82, 2.24) is 0 Å². The second-order valence-electron chi connectivity index (χ2n) is 5.62. The molecule has 0 aliphatic carbocycles. The van der Waals surface area contributed by atoms with E-state index >= 15 is 0 Å². The fraction of sp³-hybridized carbons (Fsp3) is 0.176. The number of nitro benzene ring substituents is 1. The molecule has 0 aromatic heterocycles. The van der Waals surface area contributed by atoms with Crippen molar-refractivity contribution in [2.24, 2.45) is 0 Å². The van der Waals surface area contributed by atoms with Gasteiger partial charge in [0.25, 0.3) is 11.6 Å². The molecule has 7 heteroatoms. The van der Waals surface area contributed by atoms with Crippen LogP contribution < -0.4 is 4.90 Å². The van der Waals surface area contributed by atoms with Crippen LogP contribution in [0.3, 0.4) is 0 Å². The normalized spacial score (nSPS) is 19.2. The predicted octanol–water partition coefficient (Wildman–Crippen LogP) is 2.03. The van der Waals surface area contributed by atoms with Gasteiger partial charge >= 0.3 is 0 Å². The first-order valence-corrected chi connectivity index (χ1v) is 7.23. The minimum atomic E-state index is -2.02. The molecule has 1 aliphatic rings. The maximum Gasteiger partial charge on any atom is 0.280 e. The number of nitro groups is 1. The van der Waals surface area contributed by atoms with Gasteiger partial charge in [-0.25, -0.2) is 0 Å². The summed E-state index contributed by atoms with van der Waals surface area (Å²) >= 11 is 0. The van der Waals surface area contributed by atoms with Gasteiger partial charge in [-0.2, -0.15) is 0 Å². The van der Waals surface area contributed by atoms with E-state index in [1.807, 2.05) is 0 Å². The fourth-order valence-electron chi connectivity index (χ4n) is 2.98. The monoisotopic (exact) mass is 326 g/mol. The zero-order valence-electron chi connectivity index (χ0n) is 12.8. The Morgan fingerprint density at radius 2 is 1.83 bits per heavy atom. The first-order valence-electron chi connectivity index (χ1n) is 7.23. The molecule has 7 nitrogen and oxygen atoms in total. The van der Waals surface area contributed by atoms with E-state index in [0.717, 1.165) is 0 Å². The highest BCUT2D eigenvalue weighted by Crippen LogP contribution is 2.42. The number of hydrogen-bond donors (Lipinski definition) is 1. The average Bonchev–Trinajstić information content (AvgIpc) is 2.77. The quantitative estimate of drug-likeness (QED) is 0.526. The second kappa shape index (κ2) is 5.54. The molecule has 24 heavy (non-hydrogen) atoms. The third kappa shape index (κ3) is 2.26. The number of ketones is 1. The molecule has 0 radical (unpaired) electrons. The number of hydrogen-bond acceptors (Lipinski definition) is 5. The molecule has 122 valence electrons. The van der Waals surface area contributed by atoms with Gasteiger partial charge in [-0.15, -0.1) is 0 Å². The molecule has 0 saturated heterocycles. The summed E-state index contributed by atoms with van der Waals surface area (Å²) < 4.78 is 0. The lowest BCUT2D eigenvalue weighted by molar-refractivity contribution is -0.385. The predicted molar refractivity (Wildman–Crippen MR) is 85.8 cm³/mol. The molecular weight excluding hydrogens is 312 g/mol. The van der Waals surface area contributed by atoms with Gasteiger partial charge in [0.05, 0.1) is 22.6 Å². The van der Waals surface area contributed by atoms with E-state index in [0.29, 0.717) is 11.3 Å². The van der Waals surface area contributed by atoms with Crippen molar-refractivity contribution in [3.05, 3.63) is 69.8 Å². The number of para-hydroxylation sites is 2. The Morgan fingerprint density at radius 1 is 1.21 bits per heavy atom. The van der Waals surface area contributed by atoms with Crippen LogP contribution in [0.25, 0.3) is 0 Å². The lowest BCUT2D eigenvalue weighted by Crippen LogP contribution is -2.40. The molecule has 1 atom stereocenters. The second-order valence-corrected chi connectivity index (χ2v) is 5.62. The van der Waals surface area contributed by atoms with Crippen molar-refractivity contribution in [1.29, 1.82) is 0 Å². The number of carbonyl (C=O) groups excluding carboxylic acids is 2. The van der Waals surface area contributed by atoms with Crippen LogP contribution in [-0.4, -0.2) is 28.8 Å². The Kier molecular flexibility index (Phi) is 3.65. The maximum atomic E-state index is 12.6. The number of nitrogens with zero attached hydrogens (tertiary/aromatic N) is 2. The van der Waals surface area contributed by atoms with Crippen molar-refractivity contribution < 1.29 is 19.6 Å². The zero-order chi connectivity index (χ0) is 17.5. The summed E-state index contributed by atoms with van der Waals surface area (Å²) in [5.41, 5.74) is -1.66. The molecule has 1 heterocycles. The van der Waals surface area contributed by atoms with E-state index < -0.39 is 28.6 Å². The number of aliphatic hydroxyl groups is 1. The largest absolute Gasteiger partial charge is 0.375 e. The number of rotatable bonds is 4. The maximum absolute atomic E-state index is 12.6. The summed E-state index contributed by atoms with van der Waals surface area (Å²) in [6.07, 6.45) is -0.558. The number of fused-ring (bicyclic) bond motifs is 1. The van der Waals surface area contributed by atoms with Gasteiger partial charge in [0, 0.05) is 18.7 Å². The molecule has 1 aliphatic heterocycles. The van der Waals surface area contributed by atoms with Crippen LogP contribution in [-0.2, 0) is 10.4 Å². The van der Waals surface area contributed by atoms with Gasteiger partial charge < -0.3 is 10.0 Å². The zero-order valence-corrected chi connectivity index (χ0v) is 12.8. The van der Waals surface area contributed by atoms with Crippen LogP contribution in [0, 0.1) is 10.1 Å². The van der Waals surface area contributed by atoms with Gasteiger partial charge in [-0.1, -0.05) is 30.3 Å². The SMILES string of the molecule is CN1C(=O)C(O)(CC(=O)c2ccccc2[N+](=O)[O-])c2ccccc21. The Labute approximate surface area is 137 Å². The van der Waals surface area contributed by atoms with Crippen molar-refractivity contribution in [2.45, 2.75) is 12.0 Å². The van der Waals surface area contributed by atoms with E-state index in [9.17, 15) is 24.8 Å². The van der Waals surface area contributed by atoms with Gasteiger partial charge in [0.2, 0.25) is 0 Å². The van der Waals surface area contributed by atoms with Gasteiger partial charge in [0.15, 0.2) is 11.4 Å². The number of likely N-dealkylation sites (N-methyl/N-ethyl adjacent to an activating group) is 1. The topological polar surface area (TPSA) is 101 Å². The number of anilines is 1. The van der Waals surface area contributed by atoms with Crippen LogP contribution in [0.1, 0.15) is 22.3 Å². The van der Waals surface area contributed by atoms with Crippen molar-refractivity contribution in [2.75, 3.05) is 11.9 Å². The third-order valence-electron chi connectivity index (χ3n) is 4.19.